The number of aryl methyl sites for hydroxylation is 1. The Morgan fingerprint density at radius 1 is 1.47 bits per heavy atom. The lowest BCUT2D eigenvalue weighted by atomic mass is 10.2. The molecule has 6 heteroatoms. The summed E-state index contributed by atoms with van der Waals surface area (Å²) in [5, 5.41) is 3.44. The van der Waals surface area contributed by atoms with E-state index in [1.54, 1.807) is 13.8 Å². The maximum absolute atomic E-state index is 11.3. The number of carbonyl (C=O) groups is 2. The number of ether oxygens (including phenoxy) is 2. The molecule has 1 heterocycles. The molecular weight excluding hydrogens is 202 g/mol. The fourth-order valence-corrected chi connectivity index (χ4v) is 0.963. The van der Waals surface area contributed by atoms with E-state index < -0.39 is 12.1 Å². The fraction of sp³-hybridized carbons (Fsp3) is 0.444. The highest BCUT2D eigenvalue weighted by molar-refractivity contribution is 5.95. The van der Waals surface area contributed by atoms with Crippen molar-refractivity contribution < 1.29 is 23.6 Å². The summed E-state index contributed by atoms with van der Waals surface area (Å²) in [4.78, 5) is 22.2. The Kier molecular flexibility index (Phi) is 3.84. The molecule has 0 radical (unpaired) electrons. The highest BCUT2D eigenvalue weighted by Crippen LogP contribution is 2.10. The first kappa shape index (κ1) is 11.2. The number of hydrogen-bond donors (Lipinski definition) is 0. The van der Waals surface area contributed by atoms with Crippen molar-refractivity contribution in [2.24, 2.45) is 0 Å². The Bertz CT molecular complexity index is 357. The van der Waals surface area contributed by atoms with Gasteiger partial charge >= 0.3 is 12.1 Å². The second-order valence-corrected chi connectivity index (χ2v) is 2.59. The predicted octanol–water partition coefficient (Wildman–Crippen LogP) is 1.55. The second-order valence-electron chi connectivity index (χ2n) is 2.59. The van der Waals surface area contributed by atoms with Crippen molar-refractivity contribution in [2.45, 2.75) is 20.3 Å². The molecule has 1 aromatic rings. The molecule has 0 N–H and O–H groups in total. The van der Waals surface area contributed by atoms with Gasteiger partial charge in [0, 0.05) is 6.42 Å². The van der Waals surface area contributed by atoms with E-state index in [1.807, 2.05) is 0 Å². The van der Waals surface area contributed by atoms with Gasteiger partial charge in [-0.2, -0.15) is 0 Å². The minimum atomic E-state index is -1.02. The zero-order valence-electron chi connectivity index (χ0n) is 8.48. The Labute approximate surface area is 86.1 Å². The van der Waals surface area contributed by atoms with E-state index in [4.69, 9.17) is 4.52 Å². The van der Waals surface area contributed by atoms with E-state index in [2.05, 4.69) is 14.6 Å². The third-order valence-electron chi connectivity index (χ3n) is 1.62. The molecule has 0 atom stereocenters. The monoisotopic (exact) mass is 213 g/mol. The number of rotatable bonds is 3. The standard InChI is InChI=1S/C9H11NO5/c1-3-7-6(5-10-15-7)8(11)14-9(12)13-4-2/h5H,3-4H2,1-2H3. The first-order valence-corrected chi connectivity index (χ1v) is 4.51. The summed E-state index contributed by atoms with van der Waals surface area (Å²) < 4.78 is 13.6. The van der Waals surface area contributed by atoms with Crippen LogP contribution >= 0.6 is 0 Å². The minimum absolute atomic E-state index is 0.144. The molecule has 0 aliphatic rings. The Morgan fingerprint density at radius 2 is 2.20 bits per heavy atom. The fourth-order valence-electron chi connectivity index (χ4n) is 0.963. The van der Waals surface area contributed by atoms with Gasteiger partial charge in [-0.05, 0) is 6.92 Å². The summed E-state index contributed by atoms with van der Waals surface area (Å²) in [6, 6.07) is 0. The van der Waals surface area contributed by atoms with Crippen LogP contribution in [0.3, 0.4) is 0 Å². The zero-order chi connectivity index (χ0) is 11.3. The molecular formula is C9H11NO5. The van der Waals surface area contributed by atoms with Crippen LogP contribution < -0.4 is 0 Å². The van der Waals surface area contributed by atoms with Gasteiger partial charge in [0.05, 0.1) is 12.8 Å². The maximum Gasteiger partial charge on any atom is 0.516 e. The Hall–Kier alpha value is -1.85. The van der Waals surface area contributed by atoms with Crippen LogP contribution in [0.25, 0.3) is 0 Å². The molecule has 0 unspecified atom stereocenters. The predicted molar refractivity (Wildman–Crippen MR) is 48.3 cm³/mol. The molecule has 0 fully saturated rings. The van der Waals surface area contributed by atoms with E-state index in [1.165, 1.54) is 6.20 Å². The van der Waals surface area contributed by atoms with Crippen LogP contribution in [0.4, 0.5) is 4.79 Å². The van der Waals surface area contributed by atoms with Gasteiger partial charge in [0.25, 0.3) is 0 Å². The van der Waals surface area contributed by atoms with Crippen molar-refractivity contribution in [1.82, 2.24) is 5.16 Å². The van der Waals surface area contributed by atoms with Crippen LogP contribution in [0.1, 0.15) is 30.0 Å². The smallest absolute Gasteiger partial charge is 0.434 e. The van der Waals surface area contributed by atoms with Gasteiger partial charge in [0.15, 0.2) is 5.76 Å². The van der Waals surface area contributed by atoms with Crippen molar-refractivity contribution in [3.05, 3.63) is 17.5 Å². The van der Waals surface area contributed by atoms with E-state index in [0.29, 0.717) is 12.2 Å². The third kappa shape index (κ3) is 2.80. The number of carbonyl (C=O) groups excluding carboxylic acids is 2. The van der Waals surface area contributed by atoms with E-state index >= 15 is 0 Å². The number of aromatic nitrogens is 1. The van der Waals surface area contributed by atoms with Crippen LogP contribution in [0.2, 0.25) is 0 Å². The number of hydrogen-bond acceptors (Lipinski definition) is 6. The van der Waals surface area contributed by atoms with Gasteiger partial charge in [-0.15, -0.1) is 0 Å². The van der Waals surface area contributed by atoms with Crippen molar-refractivity contribution in [3.8, 4) is 0 Å². The molecule has 0 amide bonds. The summed E-state index contributed by atoms with van der Waals surface area (Å²) >= 11 is 0. The van der Waals surface area contributed by atoms with Crippen molar-refractivity contribution in [2.75, 3.05) is 6.61 Å². The van der Waals surface area contributed by atoms with Gasteiger partial charge < -0.3 is 14.0 Å². The molecule has 0 aliphatic heterocycles. The van der Waals surface area contributed by atoms with Crippen LogP contribution in [0.5, 0.6) is 0 Å². The molecule has 6 nitrogen and oxygen atoms in total. The summed E-state index contributed by atoms with van der Waals surface area (Å²) in [6.45, 7) is 3.56. The van der Waals surface area contributed by atoms with Gasteiger partial charge in [-0.25, -0.2) is 9.59 Å². The lowest BCUT2D eigenvalue weighted by Crippen LogP contribution is -2.14. The third-order valence-corrected chi connectivity index (χ3v) is 1.62. The van der Waals surface area contributed by atoms with E-state index in [-0.39, 0.29) is 12.2 Å². The van der Waals surface area contributed by atoms with Gasteiger partial charge in [-0.1, -0.05) is 12.1 Å². The summed E-state index contributed by atoms with van der Waals surface area (Å²) in [6.07, 6.45) is 0.680. The Morgan fingerprint density at radius 3 is 2.80 bits per heavy atom. The van der Waals surface area contributed by atoms with Crippen molar-refractivity contribution in [1.29, 1.82) is 0 Å². The first-order chi connectivity index (χ1) is 7.19. The van der Waals surface area contributed by atoms with Crippen LogP contribution in [-0.4, -0.2) is 23.9 Å². The summed E-state index contributed by atoms with van der Waals surface area (Å²) in [7, 11) is 0. The van der Waals surface area contributed by atoms with Crippen LogP contribution in [0, 0.1) is 0 Å². The zero-order valence-corrected chi connectivity index (χ0v) is 8.48. The van der Waals surface area contributed by atoms with Gasteiger partial charge in [-0.3, -0.25) is 0 Å². The number of nitrogens with zero attached hydrogens (tertiary/aromatic N) is 1. The molecule has 1 rings (SSSR count). The van der Waals surface area contributed by atoms with E-state index in [0.717, 1.165) is 0 Å². The first-order valence-electron chi connectivity index (χ1n) is 4.51. The molecule has 1 aromatic heterocycles. The molecule has 0 aromatic carbocycles. The molecule has 82 valence electrons. The van der Waals surface area contributed by atoms with Gasteiger partial charge in [0.2, 0.25) is 0 Å². The number of esters is 1. The highest BCUT2D eigenvalue weighted by atomic mass is 16.7. The lowest BCUT2D eigenvalue weighted by Gasteiger charge is -2.01. The molecule has 0 aliphatic carbocycles. The quantitative estimate of drug-likeness (QED) is 0.559. The largest absolute Gasteiger partial charge is 0.516 e. The van der Waals surface area contributed by atoms with Crippen molar-refractivity contribution >= 4 is 12.1 Å². The molecule has 0 saturated carbocycles. The summed E-state index contributed by atoms with van der Waals surface area (Å²) in [5.41, 5.74) is 0.144. The Balaban J connectivity index is 2.65. The topological polar surface area (TPSA) is 78.6 Å². The van der Waals surface area contributed by atoms with Gasteiger partial charge in [0.1, 0.15) is 5.56 Å². The minimum Gasteiger partial charge on any atom is -0.434 e. The lowest BCUT2D eigenvalue weighted by molar-refractivity contribution is 0.0400. The maximum atomic E-state index is 11.3. The van der Waals surface area contributed by atoms with Crippen LogP contribution in [-0.2, 0) is 15.9 Å². The second kappa shape index (κ2) is 5.14. The van der Waals surface area contributed by atoms with Crippen molar-refractivity contribution in [3.63, 3.8) is 0 Å². The van der Waals surface area contributed by atoms with Crippen LogP contribution in [0.15, 0.2) is 10.7 Å². The molecule has 0 bridgehead atoms. The SMILES string of the molecule is CCOC(=O)OC(=O)c1cnoc1CC. The normalized spacial score (nSPS) is 9.73. The van der Waals surface area contributed by atoms with E-state index in [9.17, 15) is 9.59 Å². The average molecular weight is 213 g/mol. The molecule has 0 saturated heterocycles. The highest BCUT2D eigenvalue weighted by Gasteiger charge is 2.19. The average Bonchev–Trinajstić information content (AvgIpc) is 2.65. The molecule has 15 heavy (non-hydrogen) atoms. The summed E-state index contributed by atoms with van der Waals surface area (Å²) in [5.74, 6) is -0.434. The molecule has 0 spiro atoms.